The minimum atomic E-state index is -0.507. The largest absolute Gasteiger partial charge is 0.392 e. The van der Waals surface area contributed by atoms with Gasteiger partial charge in [0, 0.05) is 28.1 Å². The Kier molecular flexibility index (Phi) is 2.97. The molecule has 4 heterocycles. The second-order valence-corrected chi connectivity index (χ2v) is 8.13. The van der Waals surface area contributed by atoms with Crippen LogP contribution in [0.4, 0.5) is 0 Å². The number of aromatic nitrogens is 2. The number of aliphatic hydroxyl groups is 1. The first kappa shape index (κ1) is 16.4. The molecule has 0 saturated heterocycles. The van der Waals surface area contributed by atoms with E-state index < -0.39 is 6.23 Å². The third-order valence-corrected chi connectivity index (χ3v) is 6.71. The van der Waals surface area contributed by atoms with Crippen LogP contribution in [0.25, 0.3) is 43.6 Å². The highest BCUT2D eigenvalue weighted by Crippen LogP contribution is 2.48. The smallest absolute Gasteiger partial charge is 0.252 e. The third-order valence-electron chi connectivity index (χ3n) is 6.71. The maximum Gasteiger partial charge on any atom is 0.252 e. The van der Waals surface area contributed by atoms with Gasteiger partial charge in [0.15, 0.2) is 6.23 Å². The molecular formula is C24H19N3O3. The molecule has 0 fully saturated rings. The summed E-state index contributed by atoms with van der Waals surface area (Å²) in [4.78, 5) is 13.0. The standard InChI is InChI=1S/C24H19N3O3/c1-12-26-16-8-4-3-7-14(16)20-21-15(10-25-24(21)29)19-13-6-2-5-9-17(13)27(18(11-28)30-12)22(19)23(20)26/h2-9,12,18,28H,10-11H2,1H3,(H,25,29)/t12-,18?/m1/s1. The van der Waals surface area contributed by atoms with Gasteiger partial charge in [-0.2, -0.15) is 0 Å². The molecule has 7 rings (SSSR count). The number of carbonyl (C=O) groups excluding carboxylic acids is 1. The van der Waals surface area contributed by atoms with Crippen molar-refractivity contribution < 1.29 is 14.6 Å². The molecule has 0 aliphatic carbocycles. The molecule has 2 N–H and O–H groups in total. The lowest BCUT2D eigenvalue weighted by Gasteiger charge is -2.22. The second kappa shape index (κ2) is 5.41. The number of fused-ring (bicyclic) bond motifs is 9. The third kappa shape index (κ3) is 1.72. The first-order valence-corrected chi connectivity index (χ1v) is 10.2. The summed E-state index contributed by atoms with van der Waals surface area (Å²) >= 11 is 0. The minimum absolute atomic E-state index is 0.0249. The van der Waals surface area contributed by atoms with Crippen molar-refractivity contribution in [2.24, 2.45) is 0 Å². The lowest BCUT2D eigenvalue weighted by atomic mass is 9.97. The minimum Gasteiger partial charge on any atom is -0.392 e. The van der Waals surface area contributed by atoms with Crippen LogP contribution < -0.4 is 5.32 Å². The van der Waals surface area contributed by atoms with Crippen molar-refractivity contribution in [2.45, 2.75) is 25.9 Å². The molecule has 1 unspecified atom stereocenters. The highest BCUT2D eigenvalue weighted by molar-refractivity contribution is 6.30. The number of carbonyl (C=O) groups is 1. The van der Waals surface area contributed by atoms with Gasteiger partial charge >= 0.3 is 0 Å². The van der Waals surface area contributed by atoms with Crippen molar-refractivity contribution in [1.29, 1.82) is 0 Å². The fourth-order valence-electron chi connectivity index (χ4n) is 5.66. The molecule has 6 heteroatoms. The van der Waals surface area contributed by atoms with Gasteiger partial charge < -0.3 is 24.3 Å². The van der Waals surface area contributed by atoms with Gasteiger partial charge in [-0.25, -0.2) is 0 Å². The second-order valence-electron chi connectivity index (χ2n) is 8.13. The van der Waals surface area contributed by atoms with Crippen LogP contribution in [0.3, 0.4) is 0 Å². The van der Waals surface area contributed by atoms with E-state index in [0.717, 1.165) is 54.7 Å². The zero-order valence-electron chi connectivity index (χ0n) is 16.3. The van der Waals surface area contributed by atoms with Crippen LogP contribution in [-0.2, 0) is 11.3 Å². The molecule has 148 valence electrons. The maximum atomic E-state index is 13.0. The van der Waals surface area contributed by atoms with Gasteiger partial charge in [0.05, 0.1) is 34.2 Å². The fraction of sp³-hybridized carbons (Fsp3) is 0.208. The van der Waals surface area contributed by atoms with Gasteiger partial charge in [-0.05, 0) is 24.6 Å². The van der Waals surface area contributed by atoms with Crippen molar-refractivity contribution in [3.05, 3.63) is 59.7 Å². The van der Waals surface area contributed by atoms with Gasteiger partial charge in [0.2, 0.25) is 0 Å². The van der Waals surface area contributed by atoms with Crippen molar-refractivity contribution in [3.8, 4) is 0 Å². The van der Waals surface area contributed by atoms with E-state index in [1.807, 2.05) is 31.2 Å². The zero-order chi connectivity index (χ0) is 20.1. The quantitative estimate of drug-likeness (QED) is 0.446. The maximum absolute atomic E-state index is 13.0. The SMILES string of the molecule is C[C@H]1OC(CO)n2c3ccccc3c3c4c(c5c6ccccc6n1c5c32)C(=O)NC4. The Hall–Kier alpha value is -3.35. The molecule has 6 nitrogen and oxygen atoms in total. The van der Waals surface area contributed by atoms with E-state index >= 15 is 0 Å². The van der Waals surface area contributed by atoms with Gasteiger partial charge in [0.1, 0.15) is 6.23 Å². The average molecular weight is 397 g/mol. The van der Waals surface area contributed by atoms with Crippen molar-refractivity contribution >= 4 is 49.5 Å². The molecular weight excluding hydrogens is 378 g/mol. The van der Waals surface area contributed by atoms with Crippen LogP contribution >= 0.6 is 0 Å². The monoisotopic (exact) mass is 397 g/mol. The van der Waals surface area contributed by atoms with E-state index in [9.17, 15) is 9.90 Å². The normalized spacial score (nSPS) is 20.5. The van der Waals surface area contributed by atoms with Crippen molar-refractivity contribution in [3.63, 3.8) is 0 Å². The van der Waals surface area contributed by atoms with Gasteiger partial charge in [-0.3, -0.25) is 4.79 Å². The number of nitrogens with one attached hydrogen (secondary N) is 1. The number of aliphatic hydroxyl groups excluding tert-OH is 1. The van der Waals surface area contributed by atoms with Crippen LogP contribution in [0.5, 0.6) is 0 Å². The number of para-hydroxylation sites is 2. The number of ether oxygens (including phenoxy) is 1. The first-order chi connectivity index (χ1) is 14.7. The molecule has 0 radical (unpaired) electrons. The molecule has 1 amide bonds. The van der Waals surface area contributed by atoms with E-state index in [4.69, 9.17) is 4.74 Å². The lowest BCUT2D eigenvalue weighted by molar-refractivity contribution is -0.0935. The molecule has 2 atom stereocenters. The van der Waals surface area contributed by atoms with Crippen LogP contribution in [0, 0.1) is 0 Å². The zero-order valence-corrected chi connectivity index (χ0v) is 16.3. The van der Waals surface area contributed by atoms with E-state index in [2.05, 4.69) is 38.7 Å². The molecule has 2 aliphatic rings. The molecule has 0 saturated carbocycles. The molecule has 2 aromatic heterocycles. The number of nitrogens with zero attached hydrogens (tertiary/aromatic N) is 2. The van der Waals surface area contributed by atoms with E-state index in [0.29, 0.717) is 6.54 Å². The average Bonchev–Trinajstić information content (AvgIpc) is 3.39. The van der Waals surface area contributed by atoms with Crippen molar-refractivity contribution in [2.75, 3.05) is 6.61 Å². The van der Waals surface area contributed by atoms with Gasteiger partial charge in [-0.15, -0.1) is 0 Å². The van der Waals surface area contributed by atoms with Gasteiger partial charge in [-0.1, -0.05) is 36.4 Å². The summed E-state index contributed by atoms with van der Waals surface area (Å²) in [5.74, 6) is -0.0249. The molecule has 0 bridgehead atoms. The van der Waals surface area contributed by atoms with Crippen molar-refractivity contribution in [1.82, 2.24) is 14.5 Å². The lowest BCUT2D eigenvalue weighted by Crippen LogP contribution is -2.18. The number of hydrogen-bond donors (Lipinski definition) is 2. The predicted octanol–water partition coefficient (Wildman–Crippen LogP) is 4.19. The van der Waals surface area contributed by atoms with Crippen LogP contribution in [-0.4, -0.2) is 26.8 Å². The fourth-order valence-corrected chi connectivity index (χ4v) is 5.66. The predicted molar refractivity (Wildman–Crippen MR) is 116 cm³/mol. The van der Waals surface area contributed by atoms with E-state index in [-0.39, 0.29) is 18.7 Å². The summed E-state index contributed by atoms with van der Waals surface area (Å²) in [7, 11) is 0. The Morgan fingerprint density at radius 2 is 1.63 bits per heavy atom. The van der Waals surface area contributed by atoms with E-state index in [1.165, 1.54) is 0 Å². The molecule has 3 aromatic carbocycles. The topological polar surface area (TPSA) is 68.4 Å². The van der Waals surface area contributed by atoms with Crippen LogP contribution in [0.1, 0.15) is 35.3 Å². The molecule has 0 spiro atoms. The summed E-state index contributed by atoms with van der Waals surface area (Å²) in [5, 5.41) is 17.5. The van der Waals surface area contributed by atoms with Crippen LogP contribution in [0.15, 0.2) is 48.5 Å². The van der Waals surface area contributed by atoms with E-state index in [1.54, 1.807) is 0 Å². The summed E-state index contributed by atoms with van der Waals surface area (Å²) in [6, 6.07) is 16.4. The Bertz CT molecular complexity index is 1560. The highest BCUT2D eigenvalue weighted by Gasteiger charge is 2.36. The number of hydrogen-bond acceptors (Lipinski definition) is 3. The summed E-state index contributed by atoms with van der Waals surface area (Å²) in [5.41, 5.74) is 5.87. The first-order valence-electron chi connectivity index (χ1n) is 10.2. The number of benzene rings is 3. The van der Waals surface area contributed by atoms with Gasteiger partial charge in [0.25, 0.3) is 5.91 Å². The summed E-state index contributed by atoms with van der Waals surface area (Å²) in [6.45, 7) is 2.38. The molecule has 5 aromatic rings. The molecule has 30 heavy (non-hydrogen) atoms. The Morgan fingerprint density at radius 3 is 2.37 bits per heavy atom. The Balaban J connectivity index is 1.90. The number of amides is 1. The Labute approximate surface area is 171 Å². The highest BCUT2D eigenvalue weighted by atomic mass is 16.5. The number of rotatable bonds is 1. The Morgan fingerprint density at radius 1 is 1.00 bits per heavy atom. The van der Waals surface area contributed by atoms with Crippen LogP contribution in [0.2, 0.25) is 0 Å². The summed E-state index contributed by atoms with van der Waals surface area (Å²) < 4.78 is 10.7. The molecule has 2 aliphatic heterocycles. The summed E-state index contributed by atoms with van der Waals surface area (Å²) in [6.07, 6.45) is -0.804.